The van der Waals surface area contributed by atoms with E-state index >= 15 is 0 Å². The van der Waals surface area contributed by atoms with Gasteiger partial charge in [-0.25, -0.2) is 14.6 Å². The van der Waals surface area contributed by atoms with Crippen LogP contribution in [0, 0.1) is 5.92 Å². The van der Waals surface area contributed by atoms with E-state index in [2.05, 4.69) is 26.6 Å². The molecule has 0 bridgehead atoms. The Morgan fingerprint density at radius 3 is 2.07 bits per heavy atom. The van der Waals surface area contributed by atoms with Crippen LogP contribution in [-0.2, 0) is 86.4 Å². The van der Waals surface area contributed by atoms with Gasteiger partial charge in [0.2, 0.25) is 30.4 Å². The molecule has 0 unspecified atom stereocenters. The number of rotatable bonds is 31. The molecule has 1 aromatic carbocycles. The summed E-state index contributed by atoms with van der Waals surface area (Å²) >= 11 is 0. The Morgan fingerprint density at radius 1 is 0.741 bits per heavy atom. The van der Waals surface area contributed by atoms with Crippen LogP contribution in [-0.4, -0.2) is 166 Å². The summed E-state index contributed by atoms with van der Waals surface area (Å²) in [4.78, 5) is 122. The normalized spacial score (nSPS) is 15.7. The van der Waals surface area contributed by atoms with Gasteiger partial charge in [-0.2, -0.15) is 0 Å². The lowest BCUT2D eigenvalue weighted by Crippen LogP contribution is -2.55. The SMILES string of the molecule is CO[C@@H]1C(=O)OCc2c1cc1n(c2=O)Cc2c-1nc1cc3c(cc1c2CNC(=O)[C@H](CCCCNC(=O)OC(C)(C)C)NC(=O)[C@@H](NC(=O)CCOCCOCCOCCOCCNC(=O)CCN1C(=O)C=CC1=O)C(C)C)OCO3. The second-order valence-corrected chi connectivity index (χ2v) is 20.7. The van der Waals surface area contributed by atoms with E-state index in [9.17, 15) is 43.2 Å². The van der Waals surface area contributed by atoms with Crippen molar-refractivity contribution < 1.29 is 81.0 Å². The number of nitrogens with zero attached hydrogens (tertiary/aromatic N) is 3. The minimum atomic E-state index is -1.11. The lowest BCUT2D eigenvalue weighted by molar-refractivity contribution is -0.159. The van der Waals surface area contributed by atoms with Gasteiger partial charge in [-0.15, -0.1) is 0 Å². The number of imide groups is 1. The Bertz CT molecular complexity index is 2900. The fourth-order valence-corrected chi connectivity index (χ4v) is 9.24. The fraction of sp³-hybridized carbons (Fsp3) is 0.564. The molecule has 4 aliphatic heterocycles. The molecule has 0 radical (unpaired) electrons. The van der Waals surface area contributed by atoms with Gasteiger partial charge in [-0.1, -0.05) is 13.8 Å². The van der Waals surface area contributed by atoms with E-state index in [-0.39, 0.29) is 121 Å². The third-order valence-corrected chi connectivity index (χ3v) is 13.3. The number of pyridine rings is 2. The number of hydrogen-bond acceptors (Lipinski definition) is 19. The molecule has 3 aromatic rings. The Morgan fingerprint density at radius 2 is 1.41 bits per heavy atom. The number of cyclic esters (lactones) is 1. The van der Waals surface area contributed by atoms with Crippen LogP contribution in [0.3, 0.4) is 0 Å². The van der Waals surface area contributed by atoms with Crippen LogP contribution < -0.4 is 41.6 Å². The minimum Gasteiger partial charge on any atom is -0.458 e. The molecule has 0 saturated heterocycles. The molecule has 0 saturated carbocycles. The van der Waals surface area contributed by atoms with Crippen molar-refractivity contribution in [3.8, 4) is 22.9 Å². The summed E-state index contributed by atoms with van der Waals surface area (Å²) < 4.78 is 51.1. The van der Waals surface area contributed by atoms with Crippen molar-refractivity contribution in [3.63, 3.8) is 0 Å². The molecule has 2 aromatic heterocycles. The molecule has 5 N–H and O–H groups in total. The van der Waals surface area contributed by atoms with Crippen molar-refractivity contribution in [1.29, 1.82) is 0 Å². The maximum atomic E-state index is 14.5. The second kappa shape index (κ2) is 28.8. The van der Waals surface area contributed by atoms with E-state index in [0.29, 0.717) is 83.1 Å². The van der Waals surface area contributed by atoms with Crippen LogP contribution in [0.1, 0.15) is 95.1 Å². The van der Waals surface area contributed by atoms with E-state index in [1.165, 1.54) is 19.3 Å². The number of esters is 1. The number of amides is 7. The molecular weight excluding hydrogens is 1060 g/mol. The first-order valence-corrected chi connectivity index (χ1v) is 27.0. The van der Waals surface area contributed by atoms with Crippen LogP contribution in [0.25, 0.3) is 22.3 Å². The predicted octanol–water partition coefficient (Wildman–Crippen LogP) is 1.72. The van der Waals surface area contributed by atoms with Crippen molar-refractivity contribution in [2.24, 2.45) is 5.92 Å². The molecule has 3 atom stereocenters. The van der Waals surface area contributed by atoms with Crippen molar-refractivity contribution in [1.82, 2.24) is 41.0 Å². The second-order valence-electron chi connectivity index (χ2n) is 20.7. The van der Waals surface area contributed by atoms with E-state index < -0.39 is 65.4 Å². The molecule has 440 valence electrons. The third kappa shape index (κ3) is 16.6. The molecule has 6 heterocycles. The topological polar surface area (TPSA) is 318 Å². The van der Waals surface area contributed by atoms with Gasteiger partial charge >= 0.3 is 12.1 Å². The first-order chi connectivity index (χ1) is 38.8. The van der Waals surface area contributed by atoms with E-state index in [4.69, 9.17) is 47.6 Å². The highest BCUT2D eigenvalue weighted by atomic mass is 16.7. The van der Waals surface area contributed by atoms with E-state index in [1.807, 2.05) is 0 Å². The molecule has 0 spiro atoms. The Balaban J connectivity index is 0.890. The molecule has 7 rings (SSSR count). The Kier molecular flexibility index (Phi) is 21.7. The third-order valence-electron chi connectivity index (χ3n) is 13.3. The number of carbonyl (C=O) groups is 8. The van der Waals surface area contributed by atoms with Crippen molar-refractivity contribution in [3.05, 3.63) is 63.0 Å². The number of hydrogen-bond donors (Lipinski definition) is 5. The highest BCUT2D eigenvalue weighted by Crippen LogP contribution is 2.42. The molecule has 26 heteroatoms. The molecular formula is C55H72N8O18. The monoisotopic (exact) mass is 1130 g/mol. The van der Waals surface area contributed by atoms with Crippen molar-refractivity contribution in [2.45, 2.75) is 110 Å². The standard InChI is InChI=1S/C55H72N8O18/c1-32(2)47(61-44(65)13-17-74-19-21-76-23-24-77-22-20-75-18-15-56-43(64)12-16-62-45(66)10-11-46(62)67)51(69)60-38(9-7-8-14-57-54(72)81-55(3,4)5)50(68)58-28-35-33-26-41-42(80-31-79-41)27-39(33)59-48-36(35)29-63-40(48)25-34-37(52(63)70)30-78-53(71)49(34)73-6/h10-11,25-27,32,38,47,49H,7-9,12-24,28-31H2,1-6H3,(H,56,64)(H,57,72)(H,58,68)(H,60,69)(H,61,65)/t38-,47-,49-/m0/s1. The maximum absolute atomic E-state index is 14.5. The quantitative estimate of drug-likeness (QED) is 0.0272. The number of alkyl carbamates (subject to hydrolysis) is 1. The van der Waals surface area contributed by atoms with E-state index in [1.54, 1.807) is 57.4 Å². The zero-order chi connectivity index (χ0) is 58.2. The van der Waals surface area contributed by atoms with Gasteiger partial charge in [0.1, 0.15) is 24.3 Å². The van der Waals surface area contributed by atoms with Gasteiger partial charge in [0, 0.05) is 80.9 Å². The zero-order valence-electron chi connectivity index (χ0n) is 46.5. The van der Waals surface area contributed by atoms with Crippen LogP contribution in [0.2, 0.25) is 0 Å². The number of benzene rings is 1. The number of aromatic nitrogens is 2. The number of ether oxygens (including phenoxy) is 9. The van der Waals surface area contributed by atoms with Gasteiger partial charge in [0.15, 0.2) is 17.6 Å². The van der Waals surface area contributed by atoms with Gasteiger partial charge < -0.3 is 73.8 Å². The molecule has 4 aliphatic rings. The Hall–Kier alpha value is -7.52. The summed E-state index contributed by atoms with van der Waals surface area (Å²) in [5, 5.41) is 14.7. The summed E-state index contributed by atoms with van der Waals surface area (Å²) in [7, 11) is 1.36. The molecule has 7 amide bonds. The van der Waals surface area contributed by atoms with E-state index in [0.717, 1.165) is 4.90 Å². The highest BCUT2D eigenvalue weighted by Gasteiger charge is 2.37. The highest BCUT2D eigenvalue weighted by molar-refractivity contribution is 6.13. The van der Waals surface area contributed by atoms with Gasteiger partial charge in [0.05, 0.1) is 81.9 Å². The number of unbranched alkanes of at least 4 members (excludes halogenated alkanes) is 1. The summed E-state index contributed by atoms with van der Waals surface area (Å²) in [6.07, 6.45) is 1.57. The number of methoxy groups -OCH3 is 1. The smallest absolute Gasteiger partial charge is 0.407 e. The lowest BCUT2D eigenvalue weighted by atomic mass is 9.98. The average Bonchev–Trinajstić information content (AvgIpc) is 4.35. The summed E-state index contributed by atoms with van der Waals surface area (Å²) in [6, 6.07) is 3.09. The minimum absolute atomic E-state index is 0.00203. The predicted molar refractivity (Wildman–Crippen MR) is 286 cm³/mol. The number of fused-ring (bicyclic) bond motifs is 6. The van der Waals surface area contributed by atoms with Crippen LogP contribution in [0.5, 0.6) is 11.5 Å². The number of nitrogens with one attached hydrogen (secondary N) is 5. The fourth-order valence-electron chi connectivity index (χ4n) is 9.24. The zero-order valence-corrected chi connectivity index (χ0v) is 46.5. The molecule has 81 heavy (non-hydrogen) atoms. The summed E-state index contributed by atoms with van der Waals surface area (Å²) in [5.41, 5.74) is 2.28. The van der Waals surface area contributed by atoms with Gasteiger partial charge in [0.25, 0.3) is 17.4 Å². The van der Waals surface area contributed by atoms with Crippen LogP contribution >= 0.6 is 0 Å². The molecule has 26 nitrogen and oxygen atoms in total. The van der Waals surface area contributed by atoms with Gasteiger partial charge in [-0.05, 0) is 63.6 Å². The average molecular weight is 1130 g/mol. The largest absolute Gasteiger partial charge is 0.458 e. The van der Waals surface area contributed by atoms with Crippen LogP contribution in [0.15, 0.2) is 35.1 Å². The first-order valence-electron chi connectivity index (χ1n) is 27.0. The van der Waals surface area contributed by atoms with Crippen molar-refractivity contribution >= 4 is 58.4 Å². The molecule has 0 aliphatic carbocycles. The first kappa shape index (κ1) is 61.1. The molecule has 0 fully saturated rings. The van der Waals surface area contributed by atoms with Crippen LogP contribution in [0.4, 0.5) is 4.79 Å². The summed E-state index contributed by atoms with van der Waals surface area (Å²) in [5.74, 6) is -2.81. The lowest BCUT2D eigenvalue weighted by Gasteiger charge is -2.25. The number of carbonyl (C=O) groups excluding carboxylic acids is 8. The Labute approximate surface area is 467 Å². The van der Waals surface area contributed by atoms with Crippen molar-refractivity contribution in [2.75, 3.05) is 86.4 Å². The summed E-state index contributed by atoms with van der Waals surface area (Å²) in [6.45, 7) is 11.0. The van der Waals surface area contributed by atoms with Gasteiger partial charge in [-0.3, -0.25) is 38.5 Å². The maximum Gasteiger partial charge on any atom is 0.407 e.